The van der Waals surface area contributed by atoms with E-state index in [1.165, 1.54) is 17.0 Å². The third-order valence-electron chi connectivity index (χ3n) is 7.80. The number of carbonyl (C=O) groups is 2. The highest BCUT2D eigenvalue weighted by Crippen LogP contribution is 2.42. The topological polar surface area (TPSA) is 100 Å². The molecule has 2 aromatic carbocycles. The summed E-state index contributed by atoms with van der Waals surface area (Å²) < 4.78 is 39.4. The van der Waals surface area contributed by atoms with Crippen LogP contribution in [0.15, 0.2) is 48.6 Å². The first-order valence-electron chi connectivity index (χ1n) is 14.1. The molecule has 1 saturated heterocycles. The fraction of sp³-hybridized carbons (Fsp3) is 0.484. The average molecular weight is 572 g/mol. The number of ether oxygens (including phenoxy) is 2. The minimum atomic E-state index is -1.11. The Bertz CT molecular complexity index is 1240. The zero-order chi connectivity index (χ0) is 29.5. The fourth-order valence-corrected chi connectivity index (χ4v) is 5.56. The van der Waals surface area contributed by atoms with Gasteiger partial charge in [0, 0.05) is 31.6 Å². The first-order valence-corrected chi connectivity index (χ1v) is 14.1. The molecule has 0 aromatic heterocycles. The van der Waals surface area contributed by atoms with Crippen LogP contribution in [0.5, 0.6) is 5.75 Å². The monoisotopic (exact) mass is 571 g/mol. The fourth-order valence-electron chi connectivity index (χ4n) is 5.56. The number of hydrogen-bond donors (Lipinski definition) is 3. The Hall–Kier alpha value is -3.34. The molecule has 1 heterocycles. The van der Waals surface area contributed by atoms with E-state index in [1.54, 1.807) is 14.0 Å². The maximum atomic E-state index is 13.9. The molecule has 1 unspecified atom stereocenters. The summed E-state index contributed by atoms with van der Waals surface area (Å²) >= 11 is 0. The zero-order valence-electron chi connectivity index (χ0n) is 23.7. The van der Waals surface area contributed by atoms with Gasteiger partial charge in [-0.25, -0.2) is 8.78 Å². The van der Waals surface area contributed by atoms with E-state index in [9.17, 15) is 23.5 Å². The Kier molecular flexibility index (Phi) is 10.5. The number of likely N-dealkylation sites (tertiary alicyclic amines) is 1. The van der Waals surface area contributed by atoms with Crippen LogP contribution in [0.1, 0.15) is 61.9 Å². The normalized spacial score (nSPS) is 20.7. The van der Waals surface area contributed by atoms with Crippen molar-refractivity contribution >= 4 is 11.8 Å². The van der Waals surface area contributed by atoms with E-state index < -0.39 is 35.7 Å². The molecule has 1 fully saturated rings. The number of nitrogens with one attached hydrogen (secondary N) is 2. The number of fused-ring (bicyclic) bond motifs is 1. The molecule has 0 saturated carbocycles. The van der Waals surface area contributed by atoms with Gasteiger partial charge in [-0.2, -0.15) is 0 Å². The van der Waals surface area contributed by atoms with Crippen LogP contribution in [0.25, 0.3) is 0 Å². The van der Waals surface area contributed by atoms with Gasteiger partial charge in [-0.15, -0.1) is 0 Å². The van der Waals surface area contributed by atoms with Gasteiger partial charge in [-0.1, -0.05) is 18.2 Å². The average Bonchev–Trinajstić information content (AvgIpc) is 3.53. The lowest BCUT2D eigenvalue weighted by molar-refractivity contribution is -0.137. The van der Waals surface area contributed by atoms with Crippen molar-refractivity contribution < 1.29 is 33.0 Å². The lowest BCUT2D eigenvalue weighted by Gasteiger charge is -2.30. The number of allylic oxidation sites excluding steroid dienone is 1. The molecule has 2 aromatic rings. The van der Waals surface area contributed by atoms with Gasteiger partial charge in [0.25, 0.3) is 0 Å². The number of halogens is 2. The first kappa shape index (κ1) is 30.6. The van der Waals surface area contributed by atoms with Crippen LogP contribution < -0.4 is 15.4 Å². The van der Waals surface area contributed by atoms with Crippen molar-refractivity contribution in [3.05, 3.63) is 76.9 Å². The predicted molar refractivity (Wildman–Crippen MR) is 150 cm³/mol. The molecule has 0 spiro atoms. The molecular weight excluding hydrogens is 532 g/mol. The summed E-state index contributed by atoms with van der Waals surface area (Å²) in [7, 11) is 1.60. The van der Waals surface area contributed by atoms with Crippen molar-refractivity contribution in [2.45, 2.75) is 69.9 Å². The largest absolute Gasteiger partial charge is 0.497 e. The minimum Gasteiger partial charge on any atom is -0.497 e. The zero-order valence-corrected chi connectivity index (χ0v) is 23.7. The summed E-state index contributed by atoms with van der Waals surface area (Å²) in [5.41, 5.74) is 2.33. The molecule has 1 aliphatic heterocycles. The quantitative estimate of drug-likeness (QED) is 0.317. The van der Waals surface area contributed by atoms with Gasteiger partial charge in [-0.3, -0.25) is 9.59 Å². The van der Waals surface area contributed by atoms with Crippen LogP contribution in [-0.2, 0) is 20.7 Å². The second-order valence-electron chi connectivity index (χ2n) is 10.6. The van der Waals surface area contributed by atoms with E-state index in [0.717, 1.165) is 17.2 Å². The summed E-state index contributed by atoms with van der Waals surface area (Å²) in [6, 6.07) is 7.19. The Morgan fingerprint density at radius 2 is 1.95 bits per heavy atom. The Morgan fingerprint density at radius 3 is 2.61 bits per heavy atom. The van der Waals surface area contributed by atoms with E-state index in [0.29, 0.717) is 43.7 Å². The van der Waals surface area contributed by atoms with Crippen LogP contribution in [0, 0.1) is 11.6 Å². The number of hydrogen-bond acceptors (Lipinski definition) is 6. The van der Waals surface area contributed by atoms with Crippen molar-refractivity contribution in [1.29, 1.82) is 0 Å². The van der Waals surface area contributed by atoms with Crippen molar-refractivity contribution in [3.63, 3.8) is 0 Å². The molecular formula is C31H39F2N3O5. The molecule has 0 bridgehead atoms. The van der Waals surface area contributed by atoms with Crippen LogP contribution in [0.4, 0.5) is 8.78 Å². The summed E-state index contributed by atoms with van der Waals surface area (Å²) in [6.45, 7) is 4.61. The molecule has 2 amide bonds. The number of rotatable bonds is 13. The standard InChI is InChI=1S/C31H39F2N3O5/c1-4-5-11-41-29-17-26(25-16-23(40-3)8-9-24(25)29)34-18-28(37)27(14-20-12-21(32)15-22(33)13-20)35-31(39)19(2)36-10-6-7-30(36)38/h4-5,8-9,12-13,15-16,19,26-29,34,37H,6-7,10-11,14,17-18H2,1-3H3,(H,35,39)/t19?,26-,27-,28+,29+/m0/s1. The highest BCUT2D eigenvalue weighted by atomic mass is 19.1. The maximum Gasteiger partial charge on any atom is 0.242 e. The van der Waals surface area contributed by atoms with E-state index in [1.807, 2.05) is 37.3 Å². The number of aliphatic hydroxyl groups is 1. The number of benzene rings is 2. The molecule has 1 aliphatic carbocycles. The van der Waals surface area contributed by atoms with Gasteiger partial charge in [0.15, 0.2) is 0 Å². The molecule has 3 N–H and O–H groups in total. The third kappa shape index (κ3) is 7.69. The summed E-state index contributed by atoms with van der Waals surface area (Å²) in [6.07, 6.45) is 4.31. The van der Waals surface area contributed by atoms with Gasteiger partial charge >= 0.3 is 0 Å². The van der Waals surface area contributed by atoms with Gasteiger partial charge in [0.1, 0.15) is 23.4 Å². The van der Waals surface area contributed by atoms with Gasteiger partial charge in [0.05, 0.1) is 32.0 Å². The number of methoxy groups -OCH3 is 1. The van der Waals surface area contributed by atoms with Gasteiger partial charge in [0.2, 0.25) is 11.8 Å². The van der Waals surface area contributed by atoms with Crippen LogP contribution in [0.3, 0.4) is 0 Å². The SMILES string of the molecule is CC=CCO[C@@H]1C[C@H](NC[C@@H](O)[C@H](Cc2cc(F)cc(F)c2)NC(=O)C(C)N2CCCC2=O)c2cc(OC)ccc21. The summed E-state index contributed by atoms with van der Waals surface area (Å²) in [5.74, 6) is -1.31. The summed E-state index contributed by atoms with van der Waals surface area (Å²) in [4.78, 5) is 26.9. The number of amides is 2. The van der Waals surface area contributed by atoms with E-state index in [4.69, 9.17) is 9.47 Å². The third-order valence-corrected chi connectivity index (χ3v) is 7.80. The van der Waals surface area contributed by atoms with Crippen LogP contribution >= 0.6 is 0 Å². The van der Waals surface area contributed by atoms with E-state index >= 15 is 0 Å². The van der Waals surface area contributed by atoms with Crippen LogP contribution in [0.2, 0.25) is 0 Å². The number of carbonyl (C=O) groups excluding carboxylic acids is 2. The predicted octanol–water partition coefficient (Wildman–Crippen LogP) is 3.74. The first-order chi connectivity index (χ1) is 19.7. The molecule has 8 nitrogen and oxygen atoms in total. The molecule has 5 atom stereocenters. The lowest BCUT2D eigenvalue weighted by atomic mass is 9.99. The second kappa shape index (κ2) is 14.0. The summed E-state index contributed by atoms with van der Waals surface area (Å²) in [5, 5.41) is 17.5. The van der Waals surface area contributed by atoms with Crippen molar-refractivity contribution in [2.24, 2.45) is 0 Å². The molecule has 222 valence electrons. The minimum absolute atomic E-state index is 0.00585. The van der Waals surface area contributed by atoms with Gasteiger partial charge < -0.3 is 30.1 Å². The van der Waals surface area contributed by atoms with Crippen LogP contribution in [-0.4, -0.2) is 66.8 Å². The molecule has 4 rings (SSSR count). The highest BCUT2D eigenvalue weighted by Gasteiger charge is 2.34. The maximum absolute atomic E-state index is 13.9. The molecule has 10 heteroatoms. The van der Waals surface area contributed by atoms with Crippen molar-refractivity contribution in [1.82, 2.24) is 15.5 Å². The molecule has 0 radical (unpaired) electrons. The lowest BCUT2D eigenvalue weighted by Crippen LogP contribution is -2.54. The number of nitrogens with zero attached hydrogens (tertiary/aromatic N) is 1. The smallest absolute Gasteiger partial charge is 0.242 e. The van der Waals surface area contributed by atoms with E-state index in [-0.39, 0.29) is 31.0 Å². The van der Waals surface area contributed by atoms with E-state index in [2.05, 4.69) is 10.6 Å². The van der Waals surface area contributed by atoms with Crippen molar-refractivity contribution in [3.8, 4) is 5.75 Å². The Morgan fingerprint density at radius 1 is 1.20 bits per heavy atom. The Labute approximate surface area is 239 Å². The van der Waals surface area contributed by atoms with Gasteiger partial charge in [-0.05, 0) is 74.1 Å². The van der Waals surface area contributed by atoms with Crippen molar-refractivity contribution in [2.75, 3.05) is 26.8 Å². The molecule has 41 heavy (non-hydrogen) atoms. The molecule has 2 aliphatic rings. The number of aliphatic hydroxyl groups excluding tert-OH is 1. The highest BCUT2D eigenvalue weighted by molar-refractivity contribution is 5.88. The Balaban J connectivity index is 1.49. The second-order valence-corrected chi connectivity index (χ2v) is 10.6.